The maximum atomic E-state index is 13.8. The molecule has 0 radical (unpaired) electrons. The molecule has 3 atom stereocenters. The zero-order chi connectivity index (χ0) is 26.7. The van der Waals surface area contributed by atoms with Gasteiger partial charge in [0.15, 0.2) is 0 Å². The lowest BCUT2D eigenvalue weighted by Crippen LogP contribution is -2.53. The Labute approximate surface area is 221 Å². The van der Waals surface area contributed by atoms with Crippen molar-refractivity contribution >= 4 is 11.9 Å². The number of carboxylic acid groups (broad SMARTS) is 1. The van der Waals surface area contributed by atoms with E-state index in [-0.39, 0.29) is 17.5 Å². The molecule has 7 heteroatoms. The minimum Gasteiger partial charge on any atom is -0.477 e. The average Bonchev–Trinajstić information content (AvgIpc) is 3.59. The number of nitrogens with one attached hydrogen (secondary N) is 1. The third-order valence-corrected chi connectivity index (χ3v) is 7.59. The second-order valence-electron chi connectivity index (χ2n) is 9.89. The molecule has 4 aromatic rings. The SMILES string of the molecule is Cc1nccn1[C@H]1CC[C@H](c2ccccc2[C@](O)(NC(=O)C(c2ccccc2)c2ccccc2)C(=O)O)C1. The fourth-order valence-electron chi connectivity index (χ4n) is 5.72. The Morgan fingerprint density at radius 3 is 2.13 bits per heavy atom. The van der Waals surface area contributed by atoms with Crippen LogP contribution >= 0.6 is 0 Å². The Morgan fingerprint density at radius 1 is 0.947 bits per heavy atom. The molecule has 7 nitrogen and oxygen atoms in total. The second-order valence-corrected chi connectivity index (χ2v) is 9.89. The van der Waals surface area contributed by atoms with Crippen molar-refractivity contribution in [3.05, 3.63) is 125 Å². The first-order valence-electron chi connectivity index (χ1n) is 12.8. The largest absolute Gasteiger partial charge is 0.477 e. The van der Waals surface area contributed by atoms with E-state index in [0.29, 0.717) is 11.1 Å². The number of aliphatic carboxylic acids is 1. The number of benzene rings is 3. The molecule has 0 saturated heterocycles. The number of imidazole rings is 1. The van der Waals surface area contributed by atoms with Crippen molar-refractivity contribution in [2.24, 2.45) is 0 Å². The molecule has 1 saturated carbocycles. The van der Waals surface area contributed by atoms with E-state index in [1.165, 1.54) is 0 Å². The van der Waals surface area contributed by atoms with Crippen LogP contribution in [0.25, 0.3) is 0 Å². The van der Waals surface area contributed by atoms with Gasteiger partial charge in [-0.2, -0.15) is 0 Å². The minimum atomic E-state index is -2.60. The lowest BCUT2D eigenvalue weighted by molar-refractivity contribution is -0.167. The maximum Gasteiger partial charge on any atom is 0.362 e. The van der Waals surface area contributed by atoms with Gasteiger partial charge in [-0.3, -0.25) is 4.79 Å². The molecule has 38 heavy (non-hydrogen) atoms. The van der Waals surface area contributed by atoms with Gasteiger partial charge in [0, 0.05) is 24.0 Å². The normalized spacial score (nSPS) is 18.7. The van der Waals surface area contributed by atoms with Gasteiger partial charge in [-0.1, -0.05) is 84.9 Å². The van der Waals surface area contributed by atoms with Gasteiger partial charge >= 0.3 is 5.97 Å². The van der Waals surface area contributed by atoms with E-state index in [1.54, 1.807) is 18.3 Å². The molecule has 1 heterocycles. The summed E-state index contributed by atoms with van der Waals surface area (Å²) in [4.78, 5) is 30.7. The summed E-state index contributed by atoms with van der Waals surface area (Å²) in [7, 11) is 0. The van der Waals surface area contributed by atoms with E-state index in [2.05, 4.69) is 14.9 Å². The highest BCUT2D eigenvalue weighted by Crippen LogP contribution is 2.44. The number of hydrogen-bond donors (Lipinski definition) is 3. The lowest BCUT2D eigenvalue weighted by atomic mass is 9.86. The fourth-order valence-corrected chi connectivity index (χ4v) is 5.72. The predicted molar refractivity (Wildman–Crippen MR) is 143 cm³/mol. The van der Waals surface area contributed by atoms with Gasteiger partial charge in [0.05, 0.1) is 5.92 Å². The van der Waals surface area contributed by atoms with Crippen molar-refractivity contribution in [2.75, 3.05) is 0 Å². The molecule has 3 aromatic carbocycles. The first kappa shape index (κ1) is 25.4. The van der Waals surface area contributed by atoms with E-state index in [4.69, 9.17) is 0 Å². The molecule has 1 amide bonds. The predicted octanol–water partition coefficient (Wildman–Crippen LogP) is 4.88. The van der Waals surface area contributed by atoms with Gasteiger partial charge < -0.3 is 20.1 Å². The number of carbonyl (C=O) groups is 2. The Bertz CT molecular complexity index is 1380. The summed E-state index contributed by atoms with van der Waals surface area (Å²) in [6.45, 7) is 1.97. The van der Waals surface area contributed by atoms with Crippen LogP contribution in [0.2, 0.25) is 0 Å². The zero-order valence-corrected chi connectivity index (χ0v) is 21.2. The van der Waals surface area contributed by atoms with Crippen LogP contribution in [0, 0.1) is 6.92 Å². The smallest absolute Gasteiger partial charge is 0.362 e. The van der Waals surface area contributed by atoms with E-state index < -0.39 is 23.5 Å². The second kappa shape index (κ2) is 10.6. The van der Waals surface area contributed by atoms with Crippen LogP contribution in [-0.2, 0) is 15.3 Å². The number of aromatic nitrogens is 2. The number of amides is 1. The molecule has 0 bridgehead atoms. The molecular weight excluding hydrogens is 478 g/mol. The Morgan fingerprint density at radius 2 is 1.55 bits per heavy atom. The van der Waals surface area contributed by atoms with Crippen LogP contribution in [0.1, 0.15) is 65.2 Å². The minimum absolute atomic E-state index is 0.0276. The fraction of sp³-hybridized carbons (Fsp3) is 0.258. The molecule has 5 rings (SSSR count). The summed E-state index contributed by atoms with van der Waals surface area (Å²) in [5.74, 6) is -1.96. The molecule has 0 unspecified atom stereocenters. The highest BCUT2D eigenvalue weighted by molar-refractivity contribution is 5.92. The topological polar surface area (TPSA) is 104 Å². The maximum absolute atomic E-state index is 13.8. The number of carboxylic acids is 1. The summed E-state index contributed by atoms with van der Waals surface area (Å²) in [5, 5.41) is 24.5. The van der Waals surface area contributed by atoms with E-state index in [0.717, 1.165) is 30.7 Å². The van der Waals surface area contributed by atoms with E-state index >= 15 is 0 Å². The highest BCUT2D eigenvalue weighted by Gasteiger charge is 2.44. The first-order chi connectivity index (χ1) is 18.4. The van der Waals surface area contributed by atoms with Gasteiger partial charge in [-0.15, -0.1) is 0 Å². The number of hydrogen-bond acceptors (Lipinski definition) is 4. The average molecular weight is 510 g/mol. The summed E-state index contributed by atoms with van der Waals surface area (Å²) in [6.07, 6.45) is 6.28. The number of rotatable bonds is 8. The Kier molecular flexibility index (Phi) is 7.11. The number of nitrogens with zero attached hydrogens (tertiary/aromatic N) is 2. The molecule has 194 valence electrons. The summed E-state index contributed by atoms with van der Waals surface area (Å²) >= 11 is 0. The van der Waals surface area contributed by atoms with Crippen molar-refractivity contribution in [3.8, 4) is 0 Å². The van der Waals surface area contributed by atoms with E-state index in [9.17, 15) is 19.8 Å². The van der Waals surface area contributed by atoms with Crippen LogP contribution in [0.15, 0.2) is 97.3 Å². The van der Waals surface area contributed by atoms with Crippen molar-refractivity contribution in [3.63, 3.8) is 0 Å². The van der Waals surface area contributed by atoms with Crippen molar-refractivity contribution in [1.82, 2.24) is 14.9 Å². The quantitative estimate of drug-likeness (QED) is 0.294. The van der Waals surface area contributed by atoms with Crippen molar-refractivity contribution < 1.29 is 19.8 Å². The number of aliphatic hydroxyl groups is 1. The third kappa shape index (κ3) is 4.85. The van der Waals surface area contributed by atoms with Gasteiger partial charge in [0.2, 0.25) is 5.91 Å². The third-order valence-electron chi connectivity index (χ3n) is 7.59. The van der Waals surface area contributed by atoms with Crippen LogP contribution < -0.4 is 5.32 Å². The van der Waals surface area contributed by atoms with Crippen LogP contribution in [0.5, 0.6) is 0 Å². The Balaban J connectivity index is 1.48. The Hall–Kier alpha value is -4.23. The van der Waals surface area contributed by atoms with Gasteiger partial charge in [-0.05, 0) is 48.8 Å². The zero-order valence-electron chi connectivity index (χ0n) is 21.2. The van der Waals surface area contributed by atoms with Crippen LogP contribution in [0.4, 0.5) is 0 Å². The molecule has 1 aliphatic rings. The van der Waals surface area contributed by atoms with Gasteiger partial charge in [-0.25, -0.2) is 9.78 Å². The first-order valence-corrected chi connectivity index (χ1v) is 12.8. The molecule has 0 spiro atoms. The standard InChI is InChI=1S/C31H31N3O4/c1-21-32-18-19-34(21)25-17-16-24(20-25)26-14-8-9-15-27(26)31(38,30(36)37)33-29(35)28(22-10-4-2-5-11-22)23-12-6-3-7-13-23/h2-15,18-19,24-25,28,38H,16-17,20H2,1H3,(H,33,35)(H,36,37)/t24-,25-,31+/m0/s1. The van der Waals surface area contributed by atoms with E-state index in [1.807, 2.05) is 85.9 Å². The molecule has 1 aromatic heterocycles. The van der Waals surface area contributed by atoms with Crippen molar-refractivity contribution in [2.45, 2.75) is 49.8 Å². The highest BCUT2D eigenvalue weighted by atomic mass is 16.4. The molecular formula is C31H31N3O4. The van der Waals surface area contributed by atoms with Gasteiger partial charge in [0.25, 0.3) is 5.72 Å². The summed E-state index contributed by atoms with van der Waals surface area (Å²) in [5.41, 5.74) is -0.279. The molecule has 1 aliphatic carbocycles. The van der Waals surface area contributed by atoms with Crippen LogP contribution in [-0.4, -0.2) is 31.6 Å². The van der Waals surface area contributed by atoms with Crippen molar-refractivity contribution in [1.29, 1.82) is 0 Å². The molecule has 0 aliphatic heterocycles. The lowest BCUT2D eigenvalue weighted by Gasteiger charge is -2.31. The van der Waals surface area contributed by atoms with Crippen LogP contribution in [0.3, 0.4) is 0 Å². The summed E-state index contributed by atoms with van der Waals surface area (Å²) < 4.78 is 2.15. The molecule has 3 N–H and O–H groups in total. The monoisotopic (exact) mass is 509 g/mol. The van der Waals surface area contributed by atoms with Gasteiger partial charge in [0.1, 0.15) is 5.82 Å². The number of carbonyl (C=O) groups excluding carboxylic acids is 1. The molecule has 1 fully saturated rings. The number of aryl methyl sites for hydroxylation is 1. The summed E-state index contributed by atoms with van der Waals surface area (Å²) in [6, 6.07) is 25.5.